The SMILES string of the molecule is Cc1ccc(CN(C)C(=O)c2c(N)cccc2Cl)c(C)c1. The van der Waals surface area contributed by atoms with Crippen molar-refractivity contribution in [3.63, 3.8) is 0 Å². The Bertz CT molecular complexity index is 662. The van der Waals surface area contributed by atoms with Gasteiger partial charge in [-0.1, -0.05) is 41.4 Å². The van der Waals surface area contributed by atoms with Gasteiger partial charge in [-0.3, -0.25) is 4.79 Å². The third kappa shape index (κ3) is 3.37. The van der Waals surface area contributed by atoms with Crippen LogP contribution in [0.15, 0.2) is 36.4 Å². The summed E-state index contributed by atoms with van der Waals surface area (Å²) in [5.41, 5.74) is 10.1. The zero-order valence-electron chi connectivity index (χ0n) is 12.5. The van der Waals surface area contributed by atoms with Crippen LogP contribution >= 0.6 is 11.6 Å². The second-order valence-corrected chi connectivity index (χ2v) is 5.70. The Hall–Kier alpha value is -2.00. The number of hydrogen-bond donors (Lipinski definition) is 1. The summed E-state index contributed by atoms with van der Waals surface area (Å²) in [7, 11) is 1.75. The summed E-state index contributed by atoms with van der Waals surface area (Å²) in [6.45, 7) is 4.62. The molecular formula is C17H19ClN2O. The molecule has 0 saturated carbocycles. The molecule has 2 N–H and O–H groups in total. The van der Waals surface area contributed by atoms with E-state index in [2.05, 4.69) is 13.0 Å². The van der Waals surface area contributed by atoms with E-state index >= 15 is 0 Å². The maximum atomic E-state index is 12.5. The third-order valence-corrected chi connectivity index (χ3v) is 3.83. The van der Waals surface area contributed by atoms with Crippen LogP contribution < -0.4 is 5.73 Å². The van der Waals surface area contributed by atoms with Gasteiger partial charge in [0.15, 0.2) is 0 Å². The minimum absolute atomic E-state index is 0.168. The lowest BCUT2D eigenvalue weighted by Crippen LogP contribution is -2.27. The first-order valence-electron chi connectivity index (χ1n) is 6.75. The van der Waals surface area contributed by atoms with Crippen molar-refractivity contribution in [1.82, 2.24) is 4.90 Å². The summed E-state index contributed by atoms with van der Waals surface area (Å²) in [6.07, 6.45) is 0. The molecule has 0 heterocycles. The minimum Gasteiger partial charge on any atom is -0.398 e. The van der Waals surface area contributed by atoms with Crippen molar-refractivity contribution in [3.05, 3.63) is 63.7 Å². The van der Waals surface area contributed by atoms with Crippen molar-refractivity contribution >= 4 is 23.2 Å². The Morgan fingerprint density at radius 1 is 1.24 bits per heavy atom. The van der Waals surface area contributed by atoms with Gasteiger partial charge in [-0.15, -0.1) is 0 Å². The molecule has 0 saturated heterocycles. The molecule has 21 heavy (non-hydrogen) atoms. The van der Waals surface area contributed by atoms with Crippen molar-refractivity contribution in [2.24, 2.45) is 0 Å². The number of amides is 1. The van der Waals surface area contributed by atoms with Gasteiger partial charge in [0.05, 0.1) is 10.6 Å². The Labute approximate surface area is 130 Å². The maximum Gasteiger partial charge on any atom is 0.257 e. The molecule has 0 aliphatic heterocycles. The van der Waals surface area contributed by atoms with Gasteiger partial charge in [0.1, 0.15) is 0 Å². The molecule has 4 heteroatoms. The van der Waals surface area contributed by atoms with Crippen LogP contribution in [0.2, 0.25) is 5.02 Å². The first-order valence-corrected chi connectivity index (χ1v) is 7.13. The highest BCUT2D eigenvalue weighted by atomic mass is 35.5. The molecular weight excluding hydrogens is 284 g/mol. The summed E-state index contributed by atoms with van der Waals surface area (Å²) >= 11 is 6.10. The Kier molecular flexibility index (Phi) is 4.53. The highest BCUT2D eigenvalue weighted by Gasteiger charge is 2.18. The molecule has 110 valence electrons. The number of rotatable bonds is 3. The Morgan fingerprint density at radius 3 is 2.57 bits per heavy atom. The Morgan fingerprint density at radius 2 is 1.95 bits per heavy atom. The normalized spacial score (nSPS) is 10.5. The van der Waals surface area contributed by atoms with Crippen LogP contribution in [-0.2, 0) is 6.54 Å². The average Bonchev–Trinajstić information content (AvgIpc) is 2.41. The van der Waals surface area contributed by atoms with Crippen molar-refractivity contribution in [2.45, 2.75) is 20.4 Å². The fraction of sp³-hybridized carbons (Fsp3) is 0.235. The number of benzene rings is 2. The Balaban J connectivity index is 2.24. The van der Waals surface area contributed by atoms with Gasteiger partial charge in [0.25, 0.3) is 5.91 Å². The molecule has 0 aromatic heterocycles. The minimum atomic E-state index is -0.168. The first-order chi connectivity index (χ1) is 9.90. The summed E-state index contributed by atoms with van der Waals surface area (Å²) in [4.78, 5) is 14.2. The standard InChI is InChI=1S/C17H19ClN2O/c1-11-7-8-13(12(2)9-11)10-20(3)17(21)16-14(18)5-4-6-15(16)19/h4-9H,10,19H2,1-3H3. The van der Waals surface area contributed by atoms with Crippen LogP contribution in [0.25, 0.3) is 0 Å². The van der Waals surface area contributed by atoms with E-state index in [-0.39, 0.29) is 5.91 Å². The molecule has 0 fully saturated rings. The number of carbonyl (C=O) groups is 1. The predicted molar refractivity (Wildman–Crippen MR) is 87.6 cm³/mol. The van der Waals surface area contributed by atoms with Gasteiger partial charge >= 0.3 is 0 Å². The summed E-state index contributed by atoms with van der Waals surface area (Å²) in [6, 6.07) is 11.3. The number of nitrogens with two attached hydrogens (primary N) is 1. The highest BCUT2D eigenvalue weighted by Crippen LogP contribution is 2.24. The summed E-state index contributed by atoms with van der Waals surface area (Å²) in [5, 5.41) is 0.382. The molecule has 0 atom stereocenters. The average molecular weight is 303 g/mol. The van der Waals surface area contributed by atoms with E-state index in [4.69, 9.17) is 17.3 Å². The summed E-state index contributed by atoms with van der Waals surface area (Å²) < 4.78 is 0. The first kappa shape index (κ1) is 15.4. The van der Waals surface area contributed by atoms with Gasteiger partial charge in [-0.2, -0.15) is 0 Å². The van der Waals surface area contributed by atoms with E-state index in [0.29, 0.717) is 22.8 Å². The zero-order chi connectivity index (χ0) is 15.6. The second kappa shape index (κ2) is 6.19. The number of anilines is 1. The molecule has 0 bridgehead atoms. The van der Waals surface area contributed by atoms with E-state index in [9.17, 15) is 4.79 Å². The third-order valence-electron chi connectivity index (χ3n) is 3.51. The molecule has 1 amide bonds. The monoisotopic (exact) mass is 302 g/mol. The molecule has 0 radical (unpaired) electrons. The molecule has 0 spiro atoms. The lowest BCUT2D eigenvalue weighted by atomic mass is 10.0. The molecule has 2 aromatic rings. The number of nitrogen functional groups attached to an aromatic ring is 1. The van der Waals surface area contributed by atoms with Gasteiger partial charge in [0, 0.05) is 19.3 Å². The van der Waals surface area contributed by atoms with Crippen molar-refractivity contribution in [1.29, 1.82) is 0 Å². The number of hydrogen-bond acceptors (Lipinski definition) is 2. The van der Waals surface area contributed by atoms with Gasteiger partial charge < -0.3 is 10.6 Å². The zero-order valence-corrected chi connectivity index (χ0v) is 13.2. The van der Waals surface area contributed by atoms with Crippen molar-refractivity contribution in [2.75, 3.05) is 12.8 Å². The molecule has 0 aliphatic carbocycles. The fourth-order valence-corrected chi connectivity index (χ4v) is 2.57. The van der Waals surface area contributed by atoms with Crippen LogP contribution in [0.5, 0.6) is 0 Å². The van der Waals surface area contributed by atoms with E-state index in [0.717, 1.165) is 5.56 Å². The highest BCUT2D eigenvalue weighted by molar-refractivity contribution is 6.34. The molecule has 2 rings (SSSR count). The van der Waals surface area contributed by atoms with Crippen LogP contribution in [0, 0.1) is 13.8 Å². The van der Waals surface area contributed by atoms with E-state index < -0.39 is 0 Å². The van der Waals surface area contributed by atoms with E-state index in [1.54, 1.807) is 30.1 Å². The number of carbonyl (C=O) groups excluding carboxylic acids is 1. The van der Waals surface area contributed by atoms with Crippen LogP contribution in [0.3, 0.4) is 0 Å². The van der Waals surface area contributed by atoms with Gasteiger partial charge in [0.2, 0.25) is 0 Å². The van der Waals surface area contributed by atoms with Crippen LogP contribution in [0.1, 0.15) is 27.0 Å². The number of aryl methyl sites for hydroxylation is 2. The van der Waals surface area contributed by atoms with E-state index in [1.165, 1.54) is 11.1 Å². The molecule has 0 aliphatic rings. The molecule has 2 aromatic carbocycles. The fourth-order valence-electron chi connectivity index (χ4n) is 2.31. The lowest BCUT2D eigenvalue weighted by Gasteiger charge is -2.20. The van der Waals surface area contributed by atoms with Gasteiger partial charge in [-0.25, -0.2) is 0 Å². The van der Waals surface area contributed by atoms with Crippen molar-refractivity contribution < 1.29 is 4.79 Å². The topological polar surface area (TPSA) is 46.3 Å². The molecule has 0 unspecified atom stereocenters. The van der Waals surface area contributed by atoms with Crippen LogP contribution in [-0.4, -0.2) is 17.9 Å². The largest absolute Gasteiger partial charge is 0.398 e. The quantitative estimate of drug-likeness (QED) is 0.876. The number of halogens is 1. The van der Waals surface area contributed by atoms with Crippen LogP contribution in [0.4, 0.5) is 5.69 Å². The predicted octanol–water partition coefficient (Wildman–Crippen LogP) is 3.81. The van der Waals surface area contributed by atoms with Crippen molar-refractivity contribution in [3.8, 4) is 0 Å². The molecule has 3 nitrogen and oxygen atoms in total. The second-order valence-electron chi connectivity index (χ2n) is 5.30. The summed E-state index contributed by atoms with van der Waals surface area (Å²) in [5.74, 6) is -0.168. The number of nitrogens with zero attached hydrogens (tertiary/aromatic N) is 1. The lowest BCUT2D eigenvalue weighted by molar-refractivity contribution is 0.0786. The maximum absolute atomic E-state index is 12.5. The smallest absolute Gasteiger partial charge is 0.257 e. The van der Waals surface area contributed by atoms with Gasteiger partial charge in [-0.05, 0) is 37.1 Å². The van der Waals surface area contributed by atoms with E-state index in [1.807, 2.05) is 19.1 Å².